The first kappa shape index (κ1) is 24.2. The highest BCUT2D eigenvalue weighted by Gasteiger charge is 2.34. The van der Waals surface area contributed by atoms with Crippen molar-refractivity contribution in [2.75, 3.05) is 24.2 Å². The van der Waals surface area contributed by atoms with Crippen LogP contribution in [0.15, 0.2) is 12.3 Å². The van der Waals surface area contributed by atoms with E-state index in [4.69, 9.17) is 4.74 Å². The number of amides is 1. The standard InChI is InChI=1S/C21H32N4O6S/c1-14(2)25(20(26)16-7-5-15(3)6-8-16)19-18(31-21(27)28)13-24(22-19)17-9-11-23(12-10-17)32(4,29)30/h9,13-16H,5-8,10-12H2,1-4H3,(H,27,28)/t15-,16-. The molecule has 0 radical (unpaired) electrons. The van der Waals surface area contributed by atoms with Crippen LogP contribution in [0, 0.1) is 11.8 Å². The Kier molecular flexibility index (Phi) is 7.29. The van der Waals surface area contributed by atoms with Gasteiger partial charge in [-0.25, -0.2) is 17.9 Å². The fourth-order valence-electron chi connectivity index (χ4n) is 4.29. The second-order valence-corrected chi connectivity index (χ2v) is 10.9. The van der Waals surface area contributed by atoms with Gasteiger partial charge >= 0.3 is 6.16 Å². The van der Waals surface area contributed by atoms with Crippen molar-refractivity contribution in [2.24, 2.45) is 11.8 Å². The van der Waals surface area contributed by atoms with Crippen LogP contribution in [-0.2, 0) is 14.8 Å². The molecule has 1 aliphatic carbocycles. The minimum absolute atomic E-state index is 0.0184. The zero-order valence-corrected chi connectivity index (χ0v) is 19.8. The van der Waals surface area contributed by atoms with Crippen molar-refractivity contribution in [3.63, 3.8) is 0 Å². The van der Waals surface area contributed by atoms with E-state index < -0.39 is 16.2 Å². The second-order valence-electron chi connectivity index (χ2n) is 8.95. The summed E-state index contributed by atoms with van der Waals surface area (Å²) in [5.74, 6) is 0.538. The lowest BCUT2D eigenvalue weighted by atomic mass is 9.82. The maximum Gasteiger partial charge on any atom is 0.511 e. The van der Waals surface area contributed by atoms with E-state index in [1.54, 1.807) is 6.08 Å². The first-order valence-electron chi connectivity index (χ1n) is 11.0. The summed E-state index contributed by atoms with van der Waals surface area (Å²) in [5.41, 5.74) is 0.717. The zero-order valence-electron chi connectivity index (χ0n) is 19.0. The molecule has 10 nitrogen and oxygen atoms in total. The molecule has 1 amide bonds. The number of nitrogens with zero attached hydrogens (tertiary/aromatic N) is 4. The third kappa shape index (κ3) is 5.50. The number of aromatic nitrogens is 2. The lowest BCUT2D eigenvalue weighted by molar-refractivity contribution is -0.124. The molecule has 0 spiro atoms. The smallest absolute Gasteiger partial charge is 0.449 e. The molecule has 1 fully saturated rings. The zero-order chi connectivity index (χ0) is 23.6. The van der Waals surface area contributed by atoms with Crippen molar-refractivity contribution >= 4 is 33.6 Å². The number of ether oxygens (including phenoxy) is 1. The van der Waals surface area contributed by atoms with Gasteiger partial charge in [-0.05, 0) is 51.5 Å². The van der Waals surface area contributed by atoms with Crippen LogP contribution in [0.25, 0.3) is 5.70 Å². The fraction of sp³-hybridized carbons (Fsp3) is 0.667. The van der Waals surface area contributed by atoms with Gasteiger partial charge in [0, 0.05) is 37.2 Å². The number of rotatable bonds is 6. The summed E-state index contributed by atoms with van der Waals surface area (Å²) >= 11 is 0. The van der Waals surface area contributed by atoms with Gasteiger partial charge in [-0.15, -0.1) is 5.10 Å². The molecule has 1 saturated carbocycles. The van der Waals surface area contributed by atoms with Crippen molar-refractivity contribution in [3.8, 4) is 5.75 Å². The predicted octanol–water partition coefficient (Wildman–Crippen LogP) is 3.01. The topological polar surface area (TPSA) is 122 Å². The number of hydrogen-bond donors (Lipinski definition) is 1. The Labute approximate surface area is 188 Å². The Morgan fingerprint density at radius 2 is 1.91 bits per heavy atom. The van der Waals surface area contributed by atoms with Gasteiger partial charge in [-0.2, -0.15) is 4.31 Å². The molecule has 2 aliphatic rings. The first-order valence-corrected chi connectivity index (χ1v) is 12.8. The second kappa shape index (κ2) is 9.62. The van der Waals surface area contributed by atoms with Crippen LogP contribution >= 0.6 is 0 Å². The SMILES string of the molecule is CC(C)N(c1nn(C2=CCN(S(C)(=O)=O)CC2)cc1OC(=O)O)C(=O)[C@H]1CC[C@H](C)CC1. The molecular formula is C21H32N4O6S. The Morgan fingerprint density at radius 3 is 2.41 bits per heavy atom. The van der Waals surface area contributed by atoms with Gasteiger partial charge in [0.1, 0.15) is 0 Å². The number of carboxylic acid groups (broad SMARTS) is 1. The molecule has 178 valence electrons. The molecule has 0 unspecified atom stereocenters. The minimum Gasteiger partial charge on any atom is -0.449 e. The Hall–Kier alpha value is -2.40. The maximum absolute atomic E-state index is 13.4. The molecule has 3 rings (SSSR count). The van der Waals surface area contributed by atoms with Gasteiger partial charge in [0.25, 0.3) is 0 Å². The van der Waals surface area contributed by atoms with E-state index in [0.29, 0.717) is 24.6 Å². The molecule has 0 saturated heterocycles. The molecule has 1 aromatic heterocycles. The van der Waals surface area contributed by atoms with Crippen LogP contribution in [0.5, 0.6) is 5.75 Å². The van der Waals surface area contributed by atoms with Gasteiger partial charge in [0.2, 0.25) is 21.7 Å². The molecule has 1 N–H and O–H groups in total. The van der Waals surface area contributed by atoms with E-state index in [0.717, 1.165) is 31.9 Å². The predicted molar refractivity (Wildman–Crippen MR) is 120 cm³/mol. The molecule has 1 aromatic rings. The lowest BCUT2D eigenvalue weighted by Crippen LogP contribution is -2.42. The van der Waals surface area contributed by atoms with E-state index in [9.17, 15) is 23.1 Å². The molecule has 11 heteroatoms. The normalized spacial score (nSPS) is 22.5. The average Bonchev–Trinajstić information content (AvgIpc) is 3.10. The number of sulfonamides is 1. The number of carbonyl (C=O) groups excluding carboxylic acids is 1. The highest BCUT2D eigenvalue weighted by Crippen LogP contribution is 2.35. The van der Waals surface area contributed by atoms with Crippen LogP contribution in [-0.4, -0.2) is 65.1 Å². The fourth-order valence-corrected chi connectivity index (χ4v) is 5.05. The van der Waals surface area contributed by atoms with Crippen molar-refractivity contribution < 1.29 is 27.9 Å². The number of carbonyl (C=O) groups is 2. The minimum atomic E-state index is -3.30. The van der Waals surface area contributed by atoms with Gasteiger partial charge in [-0.3, -0.25) is 9.69 Å². The summed E-state index contributed by atoms with van der Waals surface area (Å²) in [6, 6.07) is -0.248. The Balaban J connectivity index is 1.93. The molecule has 32 heavy (non-hydrogen) atoms. The maximum atomic E-state index is 13.4. The summed E-state index contributed by atoms with van der Waals surface area (Å²) in [5, 5.41) is 13.7. The number of hydrogen-bond acceptors (Lipinski definition) is 6. The van der Waals surface area contributed by atoms with Crippen LogP contribution in [0.2, 0.25) is 0 Å². The van der Waals surface area contributed by atoms with Crippen LogP contribution in [0.4, 0.5) is 10.6 Å². The van der Waals surface area contributed by atoms with Crippen LogP contribution in [0.3, 0.4) is 0 Å². The van der Waals surface area contributed by atoms with E-state index in [2.05, 4.69) is 12.0 Å². The van der Waals surface area contributed by atoms with E-state index in [1.807, 2.05) is 13.8 Å². The number of anilines is 1. The monoisotopic (exact) mass is 468 g/mol. The molecule has 2 heterocycles. The molecular weight excluding hydrogens is 436 g/mol. The summed E-state index contributed by atoms with van der Waals surface area (Å²) in [4.78, 5) is 26.2. The van der Waals surface area contributed by atoms with E-state index >= 15 is 0 Å². The summed E-state index contributed by atoms with van der Waals surface area (Å²) in [6.45, 7) is 6.39. The van der Waals surface area contributed by atoms with Gasteiger partial charge < -0.3 is 9.84 Å². The largest absolute Gasteiger partial charge is 0.511 e. The van der Waals surface area contributed by atoms with E-state index in [-0.39, 0.29) is 36.0 Å². The highest BCUT2D eigenvalue weighted by molar-refractivity contribution is 7.88. The van der Waals surface area contributed by atoms with Crippen molar-refractivity contribution in [3.05, 3.63) is 12.3 Å². The van der Waals surface area contributed by atoms with E-state index in [1.165, 1.54) is 20.1 Å². The van der Waals surface area contributed by atoms with Gasteiger partial charge in [0.15, 0.2) is 5.75 Å². The Morgan fingerprint density at radius 1 is 1.25 bits per heavy atom. The molecule has 0 atom stereocenters. The quantitative estimate of drug-likeness (QED) is 0.637. The van der Waals surface area contributed by atoms with Crippen molar-refractivity contribution in [2.45, 2.75) is 58.9 Å². The van der Waals surface area contributed by atoms with Gasteiger partial charge in [-0.1, -0.05) is 6.92 Å². The van der Waals surface area contributed by atoms with Crippen LogP contribution in [0.1, 0.15) is 52.9 Å². The van der Waals surface area contributed by atoms with Crippen molar-refractivity contribution in [1.82, 2.24) is 14.1 Å². The molecule has 0 aromatic carbocycles. The lowest BCUT2D eigenvalue weighted by Gasteiger charge is -2.32. The third-order valence-electron chi connectivity index (χ3n) is 6.12. The summed E-state index contributed by atoms with van der Waals surface area (Å²) in [6.07, 6.45) is 6.81. The van der Waals surface area contributed by atoms with Crippen molar-refractivity contribution in [1.29, 1.82) is 0 Å². The molecule has 1 aliphatic heterocycles. The summed E-state index contributed by atoms with van der Waals surface area (Å²) < 4.78 is 31.3. The average molecular weight is 469 g/mol. The first-order chi connectivity index (χ1) is 15.0. The molecule has 0 bridgehead atoms. The Bertz CT molecular complexity index is 992. The van der Waals surface area contributed by atoms with Crippen LogP contribution < -0.4 is 9.64 Å². The highest BCUT2D eigenvalue weighted by atomic mass is 32.2. The van der Waals surface area contributed by atoms with Gasteiger partial charge in [0.05, 0.1) is 12.5 Å². The third-order valence-corrected chi connectivity index (χ3v) is 7.39. The summed E-state index contributed by atoms with van der Waals surface area (Å²) in [7, 11) is -3.30.